The standard InChI is InChI=1S/C10H19NO2/c1-7(2)10(13)5-3-8(4-6-10)9(11)12/h7-8,13H,3-6H2,1-2H3,(H2,11,12)/t8-,10+. The molecule has 0 heterocycles. The topological polar surface area (TPSA) is 63.3 Å². The van der Waals surface area contributed by atoms with Crippen LogP contribution in [-0.4, -0.2) is 16.6 Å². The van der Waals surface area contributed by atoms with Gasteiger partial charge in [0.25, 0.3) is 0 Å². The molecular weight excluding hydrogens is 166 g/mol. The van der Waals surface area contributed by atoms with Gasteiger partial charge in [-0.15, -0.1) is 0 Å². The van der Waals surface area contributed by atoms with E-state index >= 15 is 0 Å². The van der Waals surface area contributed by atoms with E-state index in [1.807, 2.05) is 13.8 Å². The van der Waals surface area contributed by atoms with Crippen LogP contribution in [-0.2, 0) is 4.79 Å². The van der Waals surface area contributed by atoms with Crippen molar-refractivity contribution in [1.82, 2.24) is 0 Å². The molecule has 1 aliphatic rings. The number of rotatable bonds is 2. The predicted octanol–water partition coefficient (Wildman–Crippen LogP) is 1.05. The highest BCUT2D eigenvalue weighted by Gasteiger charge is 2.37. The number of carbonyl (C=O) groups excluding carboxylic acids is 1. The van der Waals surface area contributed by atoms with E-state index in [0.29, 0.717) is 12.8 Å². The van der Waals surface area contributed by atoms with E-state index in [4.69, 9.17) is 5.73 Å². The van der Waals surface area contributed by atoms with Crippen LogP contribution in [0.25, 0.3) is 0 Å². The summed E-state index contributed by atoms with van der Waals surface area (Å²) in [6, 6.07) is 0. The summed E-state index contributed by atoms with van der Waals surface area (Å²) in [5, 5.41) is 10.1. The lowest BCUT2D eigenvalue weighted by Crippen LogP contribution is -2.41. The fourth-order valence-corrected chi connectivity index (χ4v) is 1.98. The molecule has 0 radical (unpaired) electrons. The molecule has 0 saturated heterocycles. The molecule has 3 heteroatoms. The van der Waals surface area contributed by atoms with Crippen molar-refractivity contribution in [3.63, 3.8) is 0 Å². The smallest absolute Gasteiger partial charge is 0.220 e. The monoisotopic (exact) mass is 185 g/mol. The fraction of sp³-hybridized carbons (Fsp3) is 0.900. The zero-order chi connectivity index (χ0) is 10.1. The number of amides is 1. The summed E-state index contributed by atoms with van der Waals surface area (Å²) in [7, 11) is 0. The summed E-state index contributed by atoms with van der Waals surface area (Å²) >= 11 is 0. The Labute approximate surface area is 79.3 Å². The van der Waals surface area contributed by atoms with Crippen molar-refractivity contribution in [3.05, 3.63) is 0 Å². The Bertz CT molecular complexity index is 193. The van der Waals surface area contributed by atoms with Crippen LogP contribution in [0, 0.1) is 11.8 Å². The van der Waals surface area contributed by atoms with Gasteiger partial charge in [0, 0.05) is 5.92 Å². The average Bonchev–Trinajstić information content (AvgIpc) is 2.04. The number of carbonyl (C=O) groups is 1. The van der Waals surface area contributed by atoms with Crippen molar-refractivity contribution in [2.45, 2.75) is 45.1 Å². The molecule has 1 aliphatic carbocycles. The van der Waals surface area contributed by atoms with Crippen molar-refractivity contribution < 1.29 is 9.90 Å². The molecule has 1 fully saturated rings. The molecule has 76 valence electrons. The van der Waals surface area contributed by atoms with Gasteiger partial charge >= 0.3 is 0 Å². The van der Waals surface area contributed by atoms with E-state index in [-0.39, 0.29) is 17.7 Å². The van der Waals surface area contributed by atoms with Gasteiger partial charge in [0.05, 0.1) is 5.60 Å². The van der Waals surface area contributed by atoms with E-state index in [0.717, 1.165) is 12.8 Å². The molecule has 3 nitrogen and oxygen atoms in total. The van der Waals surface area contributed by atoms with Crippen molar-refractivity contribution in [2.75, 3.05) is 0 Å². The Hall–Kier alpha value is -0.570. The fourth-order valence-electron chi connectivity index (χ4n) is 1.98. The van der Waals surface area contributed by atoms with Crippen molar-refractivity contribution in [3.8, 4) is 0 Å². The van der Waals surface area contributed by atoms with Gasteiger partial charge in [-0.2, -0.15) is 0 Å². The normalized spacial score (nSPS) is 34.9. The average molecular weight is 185 g/mol. The van der Waals surface area contributed by atoms with E-state index in [9.17, 15) is 9.90 Å². The summed E-state index contributed by atoms with van der Waals surface area (Å²) in [5.41, 5.74) is 4.65. The highest BCUT2D eigenvalue weighted by molar-refractivity contribution is 5.76. The zero-order valence-electron chi connectivity index (χ0n) is 8.42. The van der Waals surface area contributed by atoms with Gasteiger partial charge in [-0.3, -0.25) is 4.79 Å². The Morgan fingerprint density at radius 2 is 1.92 bits per heavy atom. The third-order valence-corrected chi connectivity index (χ3v) is 3.33. The number of hydrogen-bond donors (Lipinski definition) is 2. The summed E-state index contributed by atoms with van der Waals surface area (Å²) in [6.07, 6.45) is 2.89. The van der Waals surface area contributed by atoms with Crippen LogP contribution in [0.5, 0.6) is 0 Å². The minimum absolute atomic E-state index is 0.0148. The largest absolute Gasteiger partial charge is 0.390 e. The van der Waals surface area contributed by atoms with Crippen LogP contribution in [0.2, 0.25) is 0 Å². The van der Waals surface area contributed by atoms with Gasteiger partial charge < -0.3 is 10.8 Å². The number of aliphatic hydroxyl groups is 1. The minimum atomic E-state index is -0.564. The second-order valence-electron chi connectivity index (χ2n) is 4.43. The molecule has 0 aromatic rings. The Balaban J connectivity index is 2.51. The summed E-state index contributed by atoms with van der Waals surface area (Å²) in [5.74, 6) is 0.0335. The van der Waals surface area contributed by atoms with Crippen LogP contribution < -0.4 is 5.73 Å². The van der Waals surface area contributed by atoms with Crippen LogP contribution in [0.15, 0.2) is 0 Å². The molecule has 1 rings (SSSR count). The van der Waals surface area contributed by atoms with Crippen molar-refractivity contribution in [1.29, 1.82) is 0 Å². The molecular formula is C10H19NO2. The first-order chi connectivity index (χ1) is 5.96. The highest BCUT2D eigenvalue weighted by atomic mass is 16.3. The van der Waals surface area contributed by atoms with Crippen LogP contribution in [0.1, 0.15) is 39.5 Å². The van der Waals surface area contributed by atoms with Gasteiger partial charge in [-0.25, -0.2) is 0 Å². The number of nitrogens with two attached hydrogens (primary N) is 1. The Morgan fingerprint density at radius 1 is 1.46 bits per heavy atom. The number of hydrogen-bond acceptors (Lipinski definition) is 2. The molecule has 0 aliphatic heterocycles. The first-order valence-corrected chi connectivity index (χ1v) is 4.97. The third kappa shape index (κ3) is 2.21. The molecule has 0 unspecified atom stereocenters. The maximum absolute atomic E-state index is 10.9. The van der Waals surface area contributed by atoms with E-state index in [1.54, 1.807) is 0 Å². The molecule has 3 N–H and O–H groups in total. The molecule has 0 aromatic heterocycles. The Morgan fingerprint density at radius 3 is 2.23 bits per heavy atom. The molecule has 1 saturated carbocycles. The highest BCUT2D eigenvalue weighted by Crippen LogP contribution is 2.36. The second kappa shape index (κ2) is 3.66. The summed E-state index contributed by atoms with van der Waals surface area (Å²) < 4.78 is 0. The van der Waals surface area contributed by atoms with Gasteiger partial charge in [0.1, 0.15) is 0 Å². The van der Waals surface area contributed by atoms with Crippen LogP contribution in [0.3, 0.4) is 0 Å². The summed E-state index contributed by atoms with van der Waals surface area (Å²) in [6.45, 7) is 4.04. The maximum atomic E-state index is 10.9. The molecule has 0 bridgehead atoms. The lowest BCUT2D eigenvalue weighted by Gasteiger charge is -2.38. The van der Waals surface area contributed by atoms with Gasteiger partial charge in [-0.05, 0) is 31.6 Å². The summed E-state index contributed by atoms with van der Waals surface area (Å²) in [4.78, 5) is 10.9. The van der Waals surface area contributed by atoms with Crippen molar-refractivity contribution in [2.24, 2.45) is 17.6 Å². The minimum Gasteiger partial charge on any atom is -0.390 e. The second-order valence-corrected chi connectivity index (χ2v) is 4.43. The van der Waals surface area contributed by atoms with Gasteiger partial charge in [-0.1, -0.05) is 13.8 Å². The SMILES string of the molecule is CC(C)[C@]1(O)CC[C@@H](C(N)=O)CC1. The predicted molar refractivity (Wildman–Crippen MR) is 50.9 cm³/mol. The van der Waals surface area contributed by atoms with Gasteiger partial charge in [0.2, 0.25) is 5.91 Å². The first kappa shape index (κ1) is 10.5. The lowest BCUT2D eigenvalue weighted by atomic mass is 9.73. The molecule has 13 heavy (non-hydrogen) atoms. The zero-order valence-corrected chi connectivity index (χ0v) is 8.42. The first-order valence-electron chi connectivity index (χ1n) is 4.97. The van der Waals surface area contributed by atoms with Crippen LogP contribution >= 0.6 is 0 Å². The van der Waals surface area contributed by atoms with E-state index in [1.165, 1.54) is 0 Å². The molecule has 0 atom stereocenters. The molecule has 0 spiro atoms. The molecule has 1 amide bonds. The lowest BCUT2D eigenvalue weighted by molar-refractivity contribution is -0.125. The van der Waals surface area contributed by atoms with Crippen molar-refractivity contribution >= 4 is 5.91 Å². The Kier molecular flexibility index (Phi) is 2.96. The quantitative estimate of drug-likeness (QED) is 0.675. The van der Waals surface area contributed by atoms with Crippen LogP contribution in [0.4, 0.5) is 0 Å². The third-order valence-electron chi connectivity index (χ3n) is 3.33. The molecule has 0 aromatic carbocycles. The van der Waals surface area contributed by atoms with E-state index in [2.05, 4.69) is 0 Å². The van der Waals surface area contributed by atoms with Gasteiger partial charge in [0.15, 0.2) is 0 Å². The number of primary amides is 1. The van der Waals surface area contributed by atoms with E-state index < -0.39 is 5.60 Å². The maximum Gasteiger partial charge on any atom is 0.220 e.